The maximum atomic E-state index is 13.7. The third-order valence-electron chi connectivity index (χ3n) is 6.06. The lowest BCUT2D eigenvalue weighted by Gasteiger charge is -2.32. The Labute approximate surface area is 217 Å². The van der Waals surface area contributed by atoms with Gasteiger partial charge < -0.3 is 19.7 Å². The van der Waals surface area contributed by atoms with Gasteiger partial charge in [-0.05, 0) is 57.0 Å². The molecule has 1 heterocycles. The fourth-order valence-electron chi connectivity index (χ4n) is 3.59. The molecule has 36 heavy (non-hydrogen) atoms. The summed E-state index contributed by atoms with van der Waals surface area (Å²) in [5.74, 6) is -0.157. The summed E-state index contributed by atoms with van der Waals surface area (Å²) in [5, 5.41) is 3.44. The molecular formula is C25H32ClN3O6S. The number of anilines is 1. The van der Waals surface area contributed by atoms with E-state index in [4.69, 9.17) is 21.1 Å². The van der Waals surface area contributed by atoms with Crippen molar-refractivity contribution < 1.29 is 27.5 Å². The molecule has 0 saturated carbocycles. The molecule has 2 aromatic carbocycles. The fourth-order valence-corrected chi connectivity index (χ4v) is 4.77. The smallest absolute Gasteiger partial charge is 0.244 e. The van der Waals surface area contributed by atoms with Crippen molar-refractivity contribution in [3.63, 3.8) is 0 Å². The normalized spacial score (nSPS) is 14.1. The van der Waals surface area contributed by atoms with Crippen molar-refractivity contribution in [1.82, 2.24) is 10.2 Å². The molecule has 0 radical (unpaired) electrons. The zero-order valence-electron chi connectivity index (χ0n) is 20.9. The fraction of sp³-hybridized carbons (Fsp3) is 0.440. The second kappa shape index (κ2) is 11.8. The molecule has 2 amide bonds. The van der Waals surface area contributed by atoms with E-state index in [1.807, 2.05) is 13.8 Å². The van der Waals surface area contributed by atoms with Crippen molar-refractivity contribution in [3.8, 4) is 11.5 Å². The molecule has 0 aromatic heterocycles. The molecule has 0 unspecified atom stereocenters. The van der Waals surface area contributed by atoms with Crippen molar-refractivity contribution in [2.75, 3.05) is 23.4 Å². The van der Waals surface area contributed by atoms with Gasteiger partial charge in [0.15, 0.2) is 11.5 Å². The monoisotopic (exact) mass is 537 g/mol. The van der Waals surface area contributed by atoms with Gasteiger partial charge in [0.25, 0.3) is 0 Å². The van der Waals surface area contributed by atoms with Gasteiger partial charge in [-0.25, -0.2) is 8.42 Å². The SMILES string of the molecule is CC[C@H](C)NC(=O)[C@@H](C)N(Cc1ccc(Cl)cc1)C(=O)CN(c1ccc2c(c1)OCO2)S(=O)(=O)CC. The van der Waals surface area contributed by atoms with Crippen LogP contribution >= 0.6 is 11.6 Å². The highest BCUT2D eigenvalue weighted by Gasteiger charge is 2.32. The molecule has 0 saturated heterocycles. The Morgan fingerprint density at radius 2 is 1.72 bits per heavy atom. The van der Waals surface area contributed by atoms with E-state index >= 15 is 0 Å². The first-order valence-electron chi connectivity index (χ1n) is 11.8. The number of nitrogens with zero attached hydrogens (tertiary/aromatic N) is 2. The minimum Gasteiger partial charge on any atom is -0.454 e. The molecule has 2 atom stereocenters. The van der Waals surface area contributed by atoms with Crippen LogP contribution in [0.4, 0.5) is 5.69 Å². The molecule has 2 aromatic rings. The van der Waals surface area contributed by atoms with Gasteiger partial charge in [0.1, 0.15) is 12.6 Å². The average Bonchev–Trinajstić information content (AvgIpc) is 3.34. The summed E-state index contributed by atoms with van der Waals surface area (Å²) in [6.07, 6.45) is 0.732. The van der Waals surface area contributed by atoms with Gasteiger partial charge in [-0.2, -0.15) is 0 Å². The van der Waals surface area contributed by atoms with E-state index in [-0.39, 0.29) is 36.7 Å². The minimum absolute atomic E-state index is 0.0376. The Balaban J connectivity index is 1.93. The van der Waals surface area contributed by atoms with Gasteiger partial charge in [0.05, 0.1) is 11.4 Å². The van der Waals surface area contributed by atoms with E-state index in [0.717, 1.165) is 16.3 Å². The van der Waals surface area contributed by atoms with Gasteiger partial charge in [0, 0.05) is 23.7 Å². The number of carbonyl (C=O) groups is 2. The summed E-state index contributed by atoms with van der Waals surface area (Å²) in [6, 6.07) is 10.7. The Morgan fingerprint density at radius 1 is 1.06 bits per heavy atom. The molecule has 0 spiro atoms. The minimum atomic E-state index is -3.84. The summed E-state index contributed by atoms with van der Waals surface area (Å²) in [7, 11) is -3.84. The Morgan fingerprint density at radius 3 is 2.36 bits per heavy atom. The molecular weight excluding hydrogens is 506 g/mol. The highest BCUT2D eigenvalue weighted by Crippen LogP contribution is 2.36. The second-order valence-electron chi connectivity index (χ2n) is 8.59. The lowest BCUT2D eigenvalue weighted by Crippen LogP contribution is -2.52. The number of nitrogens with one attached hydrogen (secondary N) is 1. The number of hydrogen-bond acceptors (Lipinski definition) is 6. The largest absolute Gasteiger partial charge is 0.454 e. The van der Waals surface area contributed by atoms with Crippen molar-refractivity contribution in [1.29, 1.82) is 0 Å². The van der Waals surface area contributed by atoms with Crippen LogP contribution in [0.3, 0.4) is 0 Å². The number of amides is 2. The third-order valence-corrected chi connectivity index (χ3v) is 8.05. The number of fused-ring (bicyclic) bond motifs is 1. The van der Waals surface area contributed by atoms with E-state index in [0.29, 0.717) is 16.5 Å². The molecule has 196 valence electrons. The van der Waals surface area contributed by atoms with Crippen LogP contribution in [-0.4, -0.2) is 56.3 Å². The number of hydrogen-bond donors (Lipinski definition) is 1. The highest BCUT2D eigenvalue weighted by atomic mass is 35.5. The number of carbonyl (C=O) groups excluding carboxylic acids is 2. The summed E-state index contributed by atoms with van der Waals surface area (Å²) in [6.45, 7) is 6.63. The third kappa shape index (κ3) is 6.61. The molecule has 0 aliphatic carbocycles. The van der Waals surface area contributed by atoms with E-state index in [2.05, 4.69) is 5.32 Å². The van der Waals surface area contributed by atoms with Gasteiger partial charge in [-0.3, -0.25) is 13.9 Å². The van der Waals surface area contributed by atoms with E-state index < -0.39 is 28.5 Å². The van der Waals surface area contributed by atoms with E-state index in [9.17, 15) is 18.0 Å². The molecule has 3 rings (SSSR count). The van der Waals surface area contributed by atoms with E-state index in [1.165, 1.54) is 17.9 Å². The number of rotatable bonds is 11. The van der Waals surface area contributed by atoms with Crippen LogP contribution in [0.2, 0.25) is 5.02 Å². The zero-order valence-corrected chi connectivity index (χ0v) is 22.4. The maximum Gasteiger partial charge on any atom is 0.244 e. The molecule has 11 heteroatoms. The first-order chi connectivity index (χ1) is 17.1. The number of halogens is 1. The summed E-state index contributed by atoms with van der Waals surface area (Å²) in [4.78, 5) is 28.0. The predicted molar refractivity (Wildman–Crippen MR) is 139 cm³/mol. The van der Waals surface area contributed by atoms with Crippen LogP contribution in [0, 0.1) is 0 Å². The zero-order chi connectivity index (χ0) is 26.5. The summed E-state index contributed by atoms with van der Waals surface area (Å²) >= 11 is 6.00. The number of benzene rings is 2. The first-order valence-corrected chi connectivity index (χ1v) is 13.8. The van der Waals surface area contributed by atoms with Crippen molar-refractivity contribution in [2.45, 2.75) is 52.7 Å². The number of ether oxygens (including phenoxy) is 2. The molecule has 0 bridgehead atoms. The van der Waals surface area contributed by atoms with Crippen LogP contribution in [0.15, 0.2) is 42.5 Å². The molecule has 1 aliphatic rings. The van der Waals surface area contributed by atoms with Gasteiger partial charge in [0.2, 0.25) is 28.6 Å². The quantitative estimate of drug-likeness (QED) is 0.470. The van der Waals surface area contributed by atoms with Gasteiger partial charge in [-0.1, -0.05) is 30.7 Å². The first kappa shape index (κ1) is 27.6. The highest BCUT2D eigenvalue weighted by molar-refractivity contribution is 7.92. The summed E-state index contributed by atoms with van der Waals surface area (Å²) in [5.41, 5.74) is 1.03. The van der Waals surface area contributed by atoms with Crippen molar-refractivity contribution in [3.05, 3.63) is 53.1 Å². The molecule has 9 nitrogen and oxygen atoms in total. The van der Waals surface area contributed by atoms with Gasteiger partial charge >= 0.3 is 0 Å². The lowest BCUT2D eigenvalue weighted by atomic mass is 10.1. The molecule has 1 N–H and O–H groups in total. The second-order valence-corrected chi connectivity index (χ2v) is 11.2. The summed E-state index contributed by atoms with van der Waals surface area (Å²) < 4.78 is 37.8. The van der Waals surface area contributed by atoms with Crippen molar-refractivity contribution in [2.24, 2.45) is 0 Å². The molecule has 1 aliphatic heterocycles. The Bertz CT molecular complexity index is 1190. The topological polar surface area (TPSA) is 105 Å². The standard InChI is InChI=1S/C25H32ClN3O6S/c1-5-17(3)27-25(31)18(4)28(14-19-7-9-20(26)10-8-19)24(30)15-29(36(32,33)6-2)21-11-12-22-23(13-21)35-16-34-22/h7-13,17-18H,5-6,14-16H2,1-4H3,(H,27,31)/t17-,18+/m0/s1. The predicted octanol–water partition coefficient (Wildman–Crippen LogP) is 3.56. The maximum absolute atomic E-state index is 13.7. The van der Waals surface area contributed by atoms with Gasteiger partial charge in [-0.15, -0.1) is 0 Å². The molecule has 0 fully saturated rings. The van der Waals surface area contributed by atoms with Crippen LogP contribution in [0.25, 0.3) is 0 Å². The van der Waals surface area contributed by atoms with Crippen LogP contribution in [-0.2, 0) is 26.2 Å². The van der Waals surface area contributed by atoms with Crippen LogP contribution in [0.5, 0.6) is 11.5 Å². The van der Waals surface area contributed by atoms with Crippen LogP contribution in [0.1, 0.15) is 39.7 Å². The van der Waals surface area contributed by atoms with E-state index in [1.54, 1.807) is 43.3 Å². The Kier molecular flexibility index (Phi) is 9.08. The average molecular weight is 538 g/mol. The number of sulfonamides is 1. The Hall–Kier alpha value is -2.98. The van der Waals surface area contributed by atoms with Crippen LogP contribution < -0.4 is 19.1 Å². The van der Waals surface area contributed by atoms with Crippen molar-refractivity contribution >= 4 is 39.1 Å². The lowest BCUT2D eigenvalue weighted by molar-refractivity contribution is -0.139.